The van der Waals surface area contributed by atoms with Gasteiger partial charge in [-0.25, -0.2) is 4.98 Å². The predicted molar refractivity (Wildman–Crippen MR) is 61.3 cm³/mol. The SMILES string of the molecule is N#Cc1ccc(NC2CCC(C(=O)O)C2)nc1. The fourth-order valence-corrected chi connectivity index (χ4v) is 2.09. The van der Waals surface area contributed by atoms with Crippen LogP contribution in [0.1, 0.15) is 24.8 Å². The summed E-state index contributed by atoms with van der Waals surface area (Å²) in [6.45, 7) is 0. The first-order valence-corrected chi connectivity index (χ1v) is 5.54. The van der Waals surface area contributed by atoms with Crippen LogP contribution in [0.4, 0.5) is 5.82 Å². The molecular weight excluding hydrogens is 218 g/mol. The minimum absolute atomic E-state index is 0.163. The van der Waals surface area contributed by atoms with Gasteiger partial charge in [0.2, 0.25) is 0 Å². The maximum absolute atomic E-state index is 10.8. The normalized spacial score (nSPS) is 23.0. The van der Waals surface area contributed by atoms with Crippen molar-refractivity contribution in [2.24, 2.45) is 5.92 Å². The van der Waals surface area contributed by atoms with Crippen molar-refractivity contribution in [2.75, 3.05) is 5.32 Å². The highest BCUT2D eigenvalue weighted by molar-refractivity contribution is 5.70. The Kier molecular flexibility index (Phi) is 3.24. The van der Waals surface area contributed by atoms with E-state index in [1.54, 1.807) is 12.1 Å². The molecule has 1 heterocycles. The molecule has 0 aromatic carbocycles. The highest BCUT2D eigenvalue weighted by Crippen LogP contribution is 2.27. The minimum atomic E-state index is -0.720. The Labute approximate surface area is 99.1 Å². The Morgan fingerprint density at radius 1 is 1.53 bits per heavy atom. The Hall–Kier alpha value is -2.09. The van der Waals surface area contributed by atoms with E-state index in [1.165, 1.54) is 6.20 Å². The van der Waals surface area contributed by atoms with Gasteiger partial charge in [0.25, 0.3) is 0 Å². The molecule has 0 bridgehead atoms. The van der Waals surface area contributed by atoms with Gasteiger partial charge in [0.1, 0.15) is 11.9 Å². The molecule has 2 unspecified atom stereocenters. The van der Waals surface area contributed by atoms with Gasteiger partial charge in [-0.05, 0) is 31.4 Å². The Balaban J connectivity index is 1.94. The first-order chi connectivity index (χ1) is 8.19. The molecule has 0 spiro atoms. The molecule has 17 heavy (non-hydrogen) atoms. The number of nitriles is 1. The lowest BCUT2D eigenvalue weighted by molar-refractivity contribution is -0.141. The van der Waals surface area contributed by atoms with Crippen molar-refractivity contribution in [3.8, 4) is 6.07 Å². The molecule has 2 N–H and O–H groups in total. The molecule has 5 nitrogen and oxygen atoms in total. The summed E-state index contributed by atoms with van der Waals surface area (Å²) in [4.78, 5) is 14.9. The van der Waals surface area contributed by atoms with Crippen LogP contribution in [0.2, 0.25) is 0 Å². The van der Waals surface area contributed by atoms with Crippen molar-refractivity contribution in [3.63, 3.8) is 0 Å². The number of carbonyl (C=O) groups is 1. The summed E-state index contributed by atoms with van der Waals surface area (Å²) in [5, 5.41) is 20.7. The zero-order valence-corrected chi connectivity index (χ0v) is 9.26. The minimum Gasteiger partial charge on any atom is -0.481 e. The lowest BCUT2D eigenvalue weighted by Crippen LogP contribution is -2.18. The molecule has 1 aromatic rings. The molecule has 0 saturated heterocycles. The third kappa shape index (κ3) is 2.72. The fraction of sp³-hybridized carbons (Fsp3) is 0.417. The molecule has 1 fully saturated rings. The third-order valence-corrected chi connectivity index (χ3v) is 3.03. The van der Waals surface area contributed by atoms with Crippen LogP contribution in [0.15, 0.2) is 18.3 Å². The molecule has 1 aliphatic rings. The van der Waals surface area contributed by atoms with Crippen molar-refractivity contribution in [1.82, 2.24) is 4.98 Å². The van der Waals surface area contributed by atoms with Crippen molar-refractivity contribution in [3.05, 3.63) is 23.9 Å². The fourth-order valence-electron chi connectivity index (χ4n) is 2.09. The van der Waals surface area contributed by atoms with E-state index in [2.05, 4.69) is 10.3 Å². The van der Waals surface area contributed by atoms with Crippen molar-refractivity contribution in [2.45, 2.75) is 25.3 Å². The molecule has 5 heteroatoms. The Morgan fingerprint density at radius 3 is 2.88 bits per heavy atom. The summed E-state index contributed by atoms with van der Waals surface area (Å²) < 4.78 is 0. The molecule has 88 valence electrons. The topological polar surface area (TPSA) is 86.0 Å². The lowest BCUT2D eigenvalue weighted by Gasteiger charge is -2.12. The number of aliphatic carboxylic acids is 1. The average molecular weight is 231 g/mol. The van der Waals surface area contributed by atoms with E-state index >= 15 is 0 Å². The summed E-state index contributed by atoms with van der Waals surface area (Å²) in [6.07, 6.45) is 3.70. The van der Waals surface area contributed by atoms with E-state index in [0.717, 1.165) is 6.42 Å². The van der Waals surface area contributed by atoms with Crippen molar-refractivity contribution < 1.29 is 9.90 Å². The molecule has 2 rings (SSSR count). The third-order valence-electron chi connectivity index (χ3n) is 3.03. The number of nitrogens with one attached hydrogen (secondary N) is 1. The number of pyridine rings is 1. The maximum Gasteiger partial charge on any atom is 0.306 e. The smallest absolute Gasteiger partial charge is 0.306 e. The second kappa shape index (κ2) is 4.83. The number of anilines is 1. The maximum atomic E-state index is 10.8. The van der Waals surface area contributed by atoms with Gasteiger partial charge in [-0.1, -0.05) is 0 Å². The highest BCUT2D eigenvalue weighted by Gasteiger charge is 2.29. The van der Waals surface area contributed by atoms with Gasteiger partial charge in [-0.3, -0.25) is 4.79 Å². The highest BCUT2D eigenvalue weighted by atomic mass is 16.4. The van der Waals surface area contributed by atoms with Crippen molar-refractivity contribution in [1.29, 1.82) is 5.26 Å². The molecule has 0 amide bonds. The average Bonchev–Trinajstić information content (AvgIpc) is 2.79. The Bertz CT molecular complexity index is 450. The first kappa shape index (κ1) is 11.4. The summed E-state index contributed by atoms with van der Waals surface area (Å²) in [7, 11) is 0. The van der Waals surface area contributed by atoms with Gasteiger partial charge in [0.15, 0.2) is 0 Å². The van der Waals surface area contributed by atoms with Gasteiger partial charge in [0.05, 0.1) is 11.5 Å². The summed E-state index contributed by atoms with van der Waals surface area (Å²) >= 11 is 0. The predicted octanol–water partition coefficient (Wildman–Crippen LogP) is 1.62. The standard InChI is InChI=1S/C12H13N3O2/c13-6-8-1-4-11(14-7-8)15-10-3-2-9(5-10)12(16)17/h1,4,7,9-10H,2-3,5H2,(H,14,15)(H,16,17). The van der Waals surface area contributed by atoms with Crippen LogP contribution >= 0.6 is 0 Å². The first-order valence-electron chi connectivity index (χ1n) is 5.54. The van der Waals surface area contributed by atoms with E-state index in [1.807, 2.05) is 6.07 Å². The van der Waals surface area contributed by atoms with Crippen molar-refractivity contribution >= 4 is 11.8 Å². The molecule has 2 atom stereocenters. The number of rotatable bonds is 3. The van der Waals surface area contributed by atoms with E-state index in [-0.39, 0.29) is 12.0 Å². The number of hydrogen-bond donors (Lipinski definition) is 2. The van der Waals surface area contributed by atoms with E-state index in [9.17, 15) is 4.79 Å². The quantitative estimate of drug-likeness (QED) is 0.825. The molecular formula is C12H13N3O2. The lowest BCUT2D eigenvalue weighted by atomic mass is 10.1. The van der Waals surface area contributed by atoms with E-state index < -0.39 is 5.97 Å². The second-order valence-electron chi connectivity index (χ2n) is 4.23. The van der Waals surface area contributed by atoms with Gasteiger partial charge >= 0.3 is 5.97 Å². The Morgan fingerprint density at radius 2 is 2.35 bits per heavy atom. The van der Waals surface area contributed by atoms with Crippen LogP contribution in [0, 0.1) is 17.2 Å². The van der Waals surface area contributed by atoms with Gasteiger partial charge in [-0.2, -0.15) is 5.26 Å². The summed E-state index contributed by atoms with van der Waals surface area (Å²) in [5.41, 5.74) is 0.519. The van der Waals surface area contributed by atoms with Crippen LogP contribution in [-0.2, 0) is 4.79 Å². The number of carboxylic acid groups (broad SMARTS) is 1. The number of aromatic nitrogens is 1. The van der Waals surface area contributed by atoms with Crippen LogP contribution in [0.3, 0.4) is 0 Å². The molecule has 0 radical (unpaired) electrons. The summed E-state index contributed by atoms with van der Waals surface area (Å²) in [6, 6.07) is 5.60. The monoisotopic (exact) mass is 231 g/mol. The van der Waals surface area contributed by atoms with Crippen LogP contribution < -0.4 is 5.32 Å². The molecule has 1 saturated carbocycles. The van der Waals surface area contributed by atoms with Gasteiger partial charge < -0.3 is 10.4 Å². The van der Waals surface area contributed by atoms with E-state index in [4.69, 9.17) is 10.4 Å². The van der Waals surface area contributed by atoms with Gasteiger partial charge in [-0.15, -0.1) is 0 Å². The van der Waals surface area contributed by atoms with Gasteiger partial charge in [0, 0.05) is 12.2 Å². The summed E-state index contributed by atoms with van der Waals surface area (Å²) in [5.74, 6) is -0.270. The van der Waals surface area contributed by atoms with Crippen LogP contribution in [0.5, 0.6) is 0 Å². The van der Waals surface area contributed by atoms with Crippen LogP contribution in [0.25, 0.3) is 0 Å². The largest absolute Gasteiger partial charge is 0.481 e. The molecule has 0 aliphatic heterocycles. The molecule has 1 aliphatic carbocycles. The molecule has 1 aromatic heterocycles. The van der Waals surface area contributed by atoms with Crippen LogP contribution in [-0.4, -0.2) is 22.1 Å². The number of nitrogens with zero attached hydrogens (tertiary/aromatic N) is 2. The zero-order chi connectivity index (χ0) is 12.3. The number of carboxylic acids is 1. The van der Waals surface area contributed by atoms with E-state index in [0.29, 0.717) is 24.2 Å². The number of hydrogen-bond acceptors (Lipinski definition) is 4. The zero-order valence-electron chi connectivity index (χ0n) is 9.26. The second-order valence-corrected chi connectivity index (χ2v) is 4.23.